The minimum absolute atomic E-state index is 0.0907. The lowest BCUT2D eigenvalue weighted by Crippen LogP contribution is -2.07. The molecular weight excluding hydrogens is 523 g/mol. The summed E-state index contributed by atoms with van der Waals surface area (Å²) in [6, 6.07) is 24.9. The van der Waals surface area contributed by atoms with Crippen molar-refractivity contribution in [2.24, 2.45) is 0 Å². The standard InChI is InChI=1S/C34H31FO6/c1-3-25-21-29(26-13-15-27(35)16-14-26)33(41-23-24-9-5-4-6-10-24)22-32(25)40-20-8-19-39-31-12-7-11-30(36)28(31)17-18-34(37)38-2/h4-7,9-16,21-22,36H,3,8,19-20,23H2,1-2H3. The van der Waals surface area contributed by atoms with Gasteiger partial charge in [0.25, 0.3) is 0 Å². The molecule has 0 saturated carbocycles. The average molecular weight is 555 g/mol. The monoisotopic (exact) mass is 554 g/mol. The number of phenols is 1. The van der Waals surface area contributed by atoms with Crippen LogP contribution in [0.25, 0.3) is 11.1 Å². The number of aryl methyl sites for hydroxylation is 1. The van der Waals surface area contributed by atoms with Crippen LogP contribution in [0, 0.1) is 17.7 Å². The summed E-state index contributed by atoms with van der Waals surface area (Å²) in [5.41, 5.74) is 3.94. The molecule has 4 aromatic rings. The van der Waals surface area contributed by atoms with Crippen LogP contribution >= 0.6 is 0 Å². The number of benzene rings is 4. The number of halogens is 1. The molecule has 6 nitrogen and oxygen atoms in total. The van der Waals surface area contributed by atoms with Gasteiger partial charge in [0, 0.05) is 24.0 Å². The third-order valence-electron chi connectivity index (χ3n) is 6.22. The molecule has 0 bridgehead atoms. The highest BCUT2D eigenvalue weighted by Gasteiger charge is 2.14. The second-order valence-electron chi connectivity index (χ2n) is 9.03. The Morgan fingerprint density at radius 1 is 0.854 bits per heavy atom. The van der Waals surface area contributed by atoms with Crippen LogP contribution in [0.3, 0.4) is 0 Å². The Labute approximate surface area is 239 Å². The van der Waals surface area contributed by atoms with Crippen LogP contribution in [-0.2, 0) is 22.6 Å². The van der Waals surface area contributed by atoms with Crippen molar-refractivity contribution in [2.45, 2.75) is 26.4 Å². The SMILES string of the molecule is CCc1cc(-c2ccc(F)cc2)c(OCc2ccccc2)cc1OCCCOc1cccc(O)c1C#CC(=O)OC. The Morgan fingerprint density at radius 2 is 1.59 bits per heavy atom. The fraction of sp³-hybridized carbons (Fsp3) is 0.206. The molecule has 0 radical (unpaired) electrons. The van der Waals surface area contributed by atoms with Crippen molar-refractivity contribution in [3.8, 4) is 46.0 Å². The Hall–Kier alpha value is -4.96. The van der Waals surface area contributed by atoms with E-state index in [1.54, 1.807) is 24.3 Å². The Kier molecular flexibility index (Phi) is 10.2. The minimum atomic E-state index is -0.711. The van der Waals surface area contributed by atoms with Gasteiger partial charge in [-0.25, -0.2) is 9.18 Å². The van der Waals surface area contributed by atoms with Crippen LogP contribution in [0.5, 0.6) is 23.0 Å². The molecule has 0 aromatic heterocycles. The lowest BCUT2D eigenvalue weighted by Gasteiger charge is -2.18. The molecule has 4 aromatic carbocycles. The van der Waals surface area contributed by atoms with Crippen LogP contribution in [0.4, 0.5) is 4.39 Å². The first-order chi connectivity index (χ1) is 20.0. The fourth-order valence-electron chi connectivity index (χ4n) is 4.08. The Bertz CT molecular complexity index is 1520. The van der Waals surface area contributed by atoms with Crippen LogP contribution in [0.2, 0.25) is 0 Å². The number of hydrogen-bond donors (Lipinski definition) is 1. The van der Waals surface area contributed by atoms with Gasteiger partial charge in [0.15, 0.2) is 0 Å². The van der Waals surface area contributed by atoms with E-state index in [0.717, 1.165) is 28.7 Å². The highest BCUT2D eigenvalue weighted by atomic mass is 19.1. The lowest BCUT2D eigenvalue weighted by atomic mass is 10.00. The summed E-state index contributed by atoms with van der Waals surface area (Å²) in [6.07, 6.45) is 1.27. The van der Waals surface area contributed by atoms with Gasteiger partial charge in [-0.05, 0) is 59.4 Å². The summed E-state index contributed by atoms with van der Waals surface area (Å²) in [6.45, 7) is 3.08. The van der Waals surface area contributed by atoms with Gasteiger partial charge in [0.1, 0.15) is 41.0 Å². The molecular formula is C34H31FO6. The van der Waals surface area contributed by atoms with E-state index in [0.29, 0.717) is 43.5 Å². The smallest absolute Gasteiger partial charge is 0.384 e. The van der Waals surface area contributed by atoms with Crippen molar-refractivity contribution >= 4 is 5.97 Å². The molecule has 0 heterocycles. The van der Waals surface area contributed by atoms with Gasteiger partial charge in [-0.15, -0.1) is 0 Å². The summed E-state index contributed by atoms with van der Waals surface area (Å²) < 4.78 is 36.4. The van der Waals surface area contributed by atoms with Crippen LogP contribution < -0.4 is 14.2 Å². The number of hydrogen-bond acceptors (Lipinski definition) is 6. The number of aromatic hydroxyl groups is 1. The molecule has 7 heteroatoms. The van der Waals surface area contributed by atoms with Crippen molar-refractivity contribution in [3.05, 3.63) is 107 Å². The van der Waals surface area contributed by atoms with Crippen molar-refractivity contribution in [1.29, 1.82) is 0 Å². The molecule has 41 heavy (non-hydrogen) atoms. The van der Waals surface area contributed by atoms with Gasteiger partial charge in [0.05, 0.1) is 20.3 Å². The normalized spacial score (nSPS) is 10.3. The topological polar surface area (TPSA) is 74.2 Å². The second kappa shape index (κ2) is 14.4. The molecule has 210 valence electrons. The van der Waals surface area contributed by atoms with E-state index < -0.39 is 5.97 Å². The molecule has 0 saturated heterocycles. The summed E-state index contributed by atoms with van der Waals surface area (Å²) in [5, 5.41) is 10.2. The summed E-state index contributed by atoms with van der Waals surface area (Å²) in [4.78, 5) is 11.4. The zero-order valence-electron chi connectivity index (χ0n) is 23.0. The number of methoxy groups -OCH3 is 1. The molecule has 0 amide bonds. The van der Waals surface area contributed by atoms with E-state index in [-0.39, 0.29) is 17.1 Å². The minimum Gasteiger partial charge on any atom is -0.507 e. The predicted molar refractivity (Wildman–Crippen MR) is 155 cm³/mol. The fourth-order valence-corrected chi connectivity index (χ4v) is 4.08. The first-order valence-corrected chi connectivity index (χ1v) is 13.3. The summed E-state index contributed by atoms with van der Waals surface area (Å²) >= 11 is 0. The summed E-state index contributed by atoms with van der Waals surface area (Å²) in [7, 11) is 1.23. The summed E-state index contributed by atoms with van der Waals surface area (Å²) in [5.74, 6) is 5.49. The maximum atomic E-state index is 13.6. The van der Waals surface area contributed by atoms with Gasteiger partial charge < -0.3 is 24.1 Å². The van der Waals surface area contributed by atoms with Crippen LogP contribution in [0.15, 0.2) is 84.9 Å². The van der Waals surface area contributed by atoms with Crippen molar-refractivity contribution in [2.75, 3.05) is 20.3 Å². The maximum absolute atomic E-state index is 13.6. The van der Waals surface area contributed by atoms with Gasteiger partial charge >= 0.3 is 5.97 Å². The highest BCUT2D eigenvalue weighted by molar-refractivity contribution is 5.89. The van der Waals surface area contributed by atoms with Gasteiger partial charge in [-0.3, -0.25) is 0 Å². The number of esters is 1. The first kappa shape index (κ1) is 29.0. The molecule has 1 N–H and O–H groups in total. The van der Waals surface area contributed by atoms with Crippen LogP contribution in [-0.4, -0.2) is 31.4 Å². The number of carbonyl (C=O) groups excluding carboxylic acids is 1. The van der Waals surface area contributed by atoms with E-state index in [1.165, 1.54) is 25.3 Å². The molecule has 0 aliphatic heterocycles. The zero-order chi connectivity index (χ0) is 29.0. The highest BCUT2D eigenvalue weighted by Crippen LogP contribution is 2.37. The third kappa shape index (κ3) is 8.02. The molecule has 0 fully saturated rings. The van der Waals surface area contributed by atoms with Gasteiger partial charge in [-0.1, -0.05) is 55.5 Å². The maximum Gasteiger partial charge on any atom is 0.384 e. The van der Waals surface area contributed by atoms with Gasteiger partial charge in [0.2, 0.25) is 0 Å². The molecule has 0 aliphatic rings. The molecule has 4 rings (SSSR count). The molecule has 0 aliphatic carbocycles. The number of ether oxygens (including phenoxy) is 4. The Morgan fingerprint density at radius 3 is 2.29 bits per heavy atom. The van der Waals surface area contributed by atoms with E-state index >= 15 is 0 Å². The van der Waals surface area contributed by atoms with Crippen molar-refractivity contribution in [3.63, 3.8) is 0 Å². The Balaban J connectivity index is 1.47. The zero-order valence-corrected chi connectivity index (χ0v) is 23.0. The quantitative estimate of drug-likeness (QED) is 0.126. The van der Waals surface area contributed by atoms with E-state index in [2.05, 4.69) is 16.6 Å². The van der Waals surface area contributed by atoms with Crippen LogP contribution in [0.1, 0.15) is 30.0 Å². The number of rotatable bonds is 11. The molecule has 0 unspecified atom stereocenters. The molecule has 0 spiro atoms. The van der Waals surface area contributed by atoms with Gasteiger partial charge in [-0.2, -0.15) is 0 Å². The second-order valence-corrected chi connectivity index (χ2v) is 9.03. The third-order valence-corrected chi connectivity index (χ3v) is 6.22. The number of phenolic OH excluding ortho intramolecular Hbond substituents is 1. The van der Waals surface area contributed by atoms with E-state index in [1.807, 2.05) is 49.4 Å². The molecule has 0 atom stereocenters. The average Bonchev–Trinajstić information content (AvgIpc) is 3.00. The predicted octanol–water partition coefficient (Wildman–Crippen LogP) is 6.71. The lowest BCUT2D eigenvalue weighted by molar-refractivity contribution is -0.133. The van der Waals surface area contributed by atoms with E-state index in [9.17, 15) is 14.3 Å². The largest absolute Gasteiger partial charge is 0.507 e. The van der Waals surface area contributed by atoms with Crippen molar-refractivity contribution in [1.82, 2.24) is 0 Å². The van der Waals surface area contributed by atoms with E-state index in [4.69, 9.17) is 14.2 Å². The number of carbonyl (C=O) groups is 1. The first-order valence-electron chi connectivity index (χ1n) is 13.3. The van der Waals surface area contributed by atoms with Crippen molar-refractivity contribution < 1.29 is 33.2 Å².